The second-order valence-corrected chi connectivity index (χ2v) is 9.47. The highest BCUT2D eigenvalue weighted by molar-refractivity contribution is 7.89. The van der Waals surface area contributed by atoms with E-state index in [0.29, 0.717) is 12.6 Å². The Balaban J connectivity index is 1.55. The number of nitrogens with two attached hydrogens (primary N) is 1. The fourth-order valence-electron chi connectivity index (χ4n) is 3.68. The Morgan fingerprint density at radius 3 is 2.67 bits per heavy atom. The Kier molecular flexibility index (Phi) is 8.67. The van der Waals surface area contributed by atoms with Crippen LogP contribution in [0.15, 0.2) is 47.4 Å². The molecule has 1 aliphatic rings. The first-order valence-corrected chi connectivity index (χ1v) is 12.3. The van der Waals surface area contributed by atoms with Crippen LogP contribution in [0.3, 0.4) is 0 Å². The molecule has 0 saturated carbocycles. The number of amides is 1. The number of carbonyl (C=O) groups is 1. The van der Waals surface area contributed by atoms with Gasteiger partial charge in [0, 0.05) is 32.3 Å². The summed E-state index contributed by atoms with van der Waals surface area (Å²) in [5.74, 6) is 0.503. The maximum Gasteiger partial charge on any atom is 0.255 e. The number of methoxy groups -OCH3 is 1. The number of benzene rings is 2. The maximum absolute atomic E-state index is 12.7. The SMILES string of the molecule is COc1ccc(S(N)(=O)=O)cc1C(=O)NCc1cccc(OCCN(C)C2CCOCC2)c1. The predicted octanol–water partition coefficient (Wildman–Crippen LogP) is 1.76. The number of nitrogens with one attached hydrogen (secondary N) is 1. The Labute approximate surface area is 194 Å². The number of primary sulfonamides is 1. The lowest BCUT2D eigenvalue weighted by Gasteiger charge is -2.31. The van der Waals surface area contributed by atoms with E-state index in [2.05, 4.69) is 17.3 Å². The Hall–Kier alpha value is -2.66. The Morgan fingerprint density at radius 1 is 1.21 bits per heavy atom. The molecule has 1 heterocycles. The maximum atomic E-state index is 12.7. The van der Waals surface area contributed by atoms with Gasteiger partial charge in [0.25, 0.3) is 5.91 Å². The number of ether oxygens (including phenoxy) is 3. The zero-order valence-electron chi connectivity index (χ0n) is 19.0. The zero-order chi connectivity index (χ0) is 23.8. The van der Waals surface area contributed by atoms with Crippen molar-refractivity contribution < 1.29 is 27.4 Å². The molecule has 1 amide bonds. The summed E-state index contributed by atoms with van der Waals surface area (Å²) in [6, 6.07) is 11.9. The van der Waals surface area contributed by atoms with Crippen LogP contribution in [0.4, 0.5) is 0 Å². The normalized spacial score (nSPS) is 14.8. The third-order valence-electron chi connectivity index (χ3n) is 5.62. The van der Waals surface area contributed by atoms with E-state index in [1.807, 2.05) is 24.3 Å². The second kappa shape index (κ2) is 11.5. The topological polar surface area (TPSA) is 120 Å². The van der Waals surface area contributed by atoms with E-state index >= 15 is 0 Å². The van der Waals surface area contributed by atoms with Crippen LogP contribution in [-0.2, 0) is 21.3 Å². The van der Waals surface area contributed by atoms with E-state index < -0.39 is 15.9 Å². The molecule has 2 aromatic carbocycles. The smallest absolute Gasteiger partial charge is 0.255 e. The van der Waals surface area contributed by atoms with Crippen molar-refractivity contribution in [2.75, 3.05) is 40.5 Å². The van der Waals surface area contributed by atoms with Crippen molar-refractivity contribution >= 4 is 15.9 Å². The fourth-order valence-corrected chi connectivity index (χ4v) is 4.22. The quantitative estimate of drug-likeness (QED) is 0.535. The molecule has 0 aliphatic carbocycles. The van der Waals surface area contributed by atoms with Crippen LogP contribution in [0.2, 0.25) is 0 Å². The van der Waals surface area contributed by atoms with Gasteiger partial charge in [-0.25, -0.2) is 13.6 Å². The minimum Gasteiger partial charge on any atom is -0.496 e. The molecule has 9 nitrogen and oxygen atoms in total. The monoisotopic (exact) mass is 477 g/mol. The Morgan fingerprint density at radius 2 is 1.97 bits per heavy atom. The number of likely N-dealkylation sites (N-methyl/N-ethyl adjacent to an activating group) is 1. The van der Waals surface area contributed by atoms with Crippen molar-refractivity contribution in [2.45, 2.75) is 30.3 Å². The number of hydrogen-bond donors (Lipinski definition) is 2. The van der Waals surface area contributed by atoms with E-state index in [1.54, 1.807) is 0 Å². The zero-order valence-corrected chi connectivity index (χ0v) is 19.8. The molecule has 2 aromatic rings. The van der Waals surface area contributed by atoms with Crippen LogP contribution in [0.1, 0.15) is 28.8 Å². The number of nitrogens with zero attached hydrogens (tertiary/aromatic N) is 1. The van der Waals surface area contributed by atoms with Gasteiger partial charge in [-0.2, -0.15) is 0 Å². The van der Waals surface area contributed by atoms with Gasteiger partial charge >= 0.3 is 0 Å². The largest absolute Gasteiger partial charge is 0.496 e. The molecule has 10 heteroatoms. The van der Waals surface area contributed by atoms with Crippen molar-refractivity contribution in [3.05, 3.63) is 53.6 Å². The molecular weight excluding hydrogens is 446 g/mol. The molecule has 0 atom stereocenters. The van der Waals surface area contributed by atoms with Crippen molar-refractivity contribution in [3.63, 3.8) is 0 Å². The summed E-state index contributed by atoms with van der Waals surface area (Å²) in [6.45, 7) is 3.22. The first-order valence-electron chi connectivity index (χ1n) is 10.8. The molecule has 0 unspecified atom stereocenters. The lowest BCUT2D eigenvalue weighted by Crippen LogP contribution is -2.38. The van der Waals surface area contributed by atoms with Crippen LogP contribution in [0, 0.1) is 0 Å². The van der Waals surface area contributed by atoms with Crippen LogP contribution in [-0.4, -0.2) is 65.8 Å². The minimum atomic E-state index is -3.94. The van der Waals surface area contributed by atoms with E-state index in [0.717, 1.165) is 43.9 Å². The molecular formula is C23H31N3O6S. The second-order valence-electron chi connectivity index (χ2n) is 7.91. The molecule has 0 bridgehead atoms. The van der Waals surface area contributed by atoms with Crippen molar-refractivity contribution in [1.29, 1.82) is 0 Å². The van der Waals surface area contributed by atoms with Crippen LogP contribution in [0.5, 0.6) is 11.5 Å². The third kappa shape index (κ3) is 7.16. The van der Waals surface area contributed by atoms with E-state index in [9.17, 15) is 13.2 Å². The van der Waals surface area contributed by atoms with Gasteiger partial charge in [-0.05, 0) is 55.8 Å². The van der Waals surface area contributed by atoms with Crippen molar-refractivity contribution in [1.82, 2.24) is 10.2 Å². The summed E-state index contributed by atoms with van der Waals surface area (Å²) in [6.07, 6.45) is 2.08. The lowest BCUT2D eigenvalue weighted by molar-refractivity contribution is 0.0392. The lowest BCUT2D eigenvalue weighted by atomic mass is 10.1. The molecule has 1 aliphatic heterocycles. The van der Waals surface area contributed by atoms with Gasteiger partial charge < -0.3 is 19.5 Å². The van der Waals surface area contributed by atoms with E-state index in [-0.39, 0.29) is 22.8 Å². The number of hydrogen-bond acceptors (Lipinski definition) is 7. The molecule has 3 rings (SSSR count). The highest BCUT2D eigenvalue weighted by atomic mass is 32.2. The van der Waals surface area contributed by atoms with Gasteiger partial charge in [0.15, 0.2) is 0 Å². The van der Waals surface area contributed by atoms with Crippen LogP contribution in [0.25, 0.3) is 0 Å². The summed E-state index contributed by atoms with van der Waals surface area (Å²) in [5.41, 5.74) is 0.938. The molecule has 33 heavy (non-hydrogen) atoms. The molecule has 0 radical (unpaired) electrons. The fraction of sp³-hybridized carbons (Fsp3) is 0.435. The average molecular weight is 478 g/mol. The molecule has 0 spiro atoms. The highest BCUT2D eigenvalue weighted by Crippen LogP contribution is 2.22. The van der Waals surface area contributed by atoms with Gasteiger partial charge in [-0.3, -0.25) is 9.69 Å². The molecule has 0 aromatic heterocycles. The summed E-state index contributed by atoms with van der Waals surface area (Å²) < 4.78 is 39.7. The standard InChI is InChI=1S/C23H31N3O6S/c1-26(18-8-11-31-12-9-18)10-13-32-19-5-3-4-17(14-19)16-25-23(27)21-15-20(33(24,28)29)6-7-22(21)30-2/h3-7,14-15,18H,8-13,16H2,1-2H3,(H,25,27)(H2,24,28,29). The van der Waals surface area contributed by atoms with Gasteiger partial charge in [-0.15, -0.1) is 0 Å². The summed E-state index contributed by atoms with van der Waals surface area (Å²) in [7, 11) is -0.433. The molecule has 1 saturated heterocycles. The number of carbonyl (C=O) groups excluding carboxylic acids is 1. The first-order chi connectivity index (χ1) is 15.8. The average Bonchev–Trinajstić information content (AvgIpc) is 2.82. The van der Waals surface area contributed by atoms with Gasteiger partial charge in [0.1, 0.15) is 18.1 Å². The summed E-state index contributed by atoms with van der Waals surface area (Å²) in [5, 5.41) is 7.96. The molecule has 1 fully saturated rings. The number of sulfonamides is 1. The van der Waals surface area contributed by atoms with Crippen LogP contribution >= 0.6 is 0 Å². The minimum absolute atomic E-state index is 0.0904. The number of rotatable bonds is 10. The van der Waals surface area contributed by atoms with Crippen molar-refractivity contribution in [2.24, 2.45) is 5.14 Å². The van der Waals surface area contributed by atoms with E-state index in [4.69, 9.17) is 19.3 Å². The Bertz CT molecular complexity index is 1050. The summed E-state index contributed by atoms with van der Waals surface area (Å²) in [4.78, 5) is 14.8. The molecule has 3 N–H and O–H groups in total. The highest BCUT2D eigenvalue weighted by Gasteiger charge is 2.19. The van der Waals surface area contributed by atoms with Gasteiger partial charge in [0.2, 0.25) is 10.0 Å². The summed E-state index contributed by atoms with van der Waals surface area (Å²) >= 11 is 0. The van der Waals surface area contributed by atoms with Gasteiger partial charge in [-0.1, -0.05) is 12.1 Å². The molecule has 180 valence electrons. The van der Waals surface area contributed by atoms with Crippen LogP contribution < -0.4 is 19.9 Å². The third-order valence-corrected chi connectivity index (χ3v) is 6.53. The predicted molar refractivity (Wildman–Crippen MR) is 124 cm³/mol. The van der Waals surface area contributed by atoms with Crippen molar-refractivity contribution in [3.8, 4) is 11.5 Å². The van der Waals surface area contributed by atoms with Gasteiger partial charge in [0.05, 0.1) is 17.6 Å². The first kappa shape index (κ1) is 25.0. The van der Waals surface area contributed by atoms with E-state index in [1.165, 1.54) is 25.3 Å².